The molecule has 0 aliphatic heterocycles. The minimum absolute atomic E-state index is 0.155. The maximum absolute atomic E-state index is 12.3. The van der Waals surface area contributed by atoms with Gasteiger partial charge in [-0.1, -0.05) is 6.07 Å². The third kappa shape index (κ3) is 5.70. The van der Waals surface area contributed by atoms with Crippen LogP contribution < -0.4 is 25.3 Å². The van der Waals surface area contributed by atoms with E-state index in [9.17, 15) is 9.59 Å². The Morgan fingerprint density at radius 3 is 2.31 bits per heavy atom. The van der Waals surface area contributed by atoms with E-state index in [-0.39, 0.29) is 25.4 Å². The number of carbonyl (C=O) groups is 2. The second kappa shape index (κ2) is 9.31. The minimum atomic E-state index is -0.414. The quantitative estimate of drug-likeness (QED) is 0.715. The van der Waals surface area contributed by atoms with Crippen LogP contribution in [0.1, 0.15) is 12.0 Å². The van der Waals surface area contributed by atoms with Crippen LogP contribution in [0, 0.1) is 0 Å². The average molecular weight is 358 g/mol. The summed E-state index contributed by atoms with van der Waals surface area (Å²) in [6.07, 6.45) is 0.326. The molecule has 2 amide bonds. The number of hydrogen-bond acceptors (Lipinski definition) is 5. The predicted octanol–water partition coefficient (Wildman–Crippen LogP) is 2.14. The third-order valence-electron chi connectivity index (χ3n) is 3.60. The highest BCUT2D eigenvalue weighted by molar-refractivity contribution is 5.92. The summed E-state index contributed by atoms with van der Waals surface area (Å²) in [5.74, 6) is 1.27. The number of hydrogen-bond donors (Lipinski definition) is 2. The zero-order chi connectivity index (χ0) is 18.9. The first-order chi connectivity index (χ1) is 12.5. The monoisotopic (exact) mass is 358 g/mol. The molecule has 0 bridgehead atoms. The lowest BCUT2D eigenvalue weighted by Gasteiger charge is -2.11. The van der Waals surface area contributed by atoms with Crippen molar-refractivity contribution >= 4 is 17.5 Å². The lowest BCUT2D eigenvalue weighted by atomic mass is 10.1. The molecule has 0 aliphatic carbocycles. The SMILES string of the molecule is COc1ccc(CC(=O)Nc2ccc(OCCC(N)=O)cc2)c(OC)c1. The van der Waals surface area contributed by atoms with Crippen molar-refractivity contribution in [1.82, 2.24) is 0 Å². The lowest BCUT2D eigenvalue weighted by Crippen LogP contribution is -2.15. The van der Waals surface area contributed by atoms with E-state index >= 15 is 0 Å². The van der Waals surface area contributed by atoms with Crippen molar-refractivity contribution < 1.29 is 23.8 Å². The van der Waals surface area contributed by atoms with Gasteiger partial charge in [0.2, 0.25) is 11.8 Å². The molecule has 0 spiro atoms. The van der Waals surface area contributed by atoms with Crippen molar-refractivity contribution in [3.05, 3.63) is 48.0 Å². The Bertz CT molecular complexity index is 759. The van der Waals surface area contributed by atoms with Crippen molar-refractivity contribution in [2.75, 3.05) is 26.1 Å². The number of nitrogens with two attached hydrogens (primary N) is 1. The van der Waals surface area contributed by atoms with Crippen LogP contribution in [0.15, 0.2) is 42.5 Å². The molecule has 0 unspecified atom stereocenters. The summed E-state index contributed by atoms with van der Waals surface area (Å²) in [5, 5.41) is 2.82. The molecule has 0 aromatic heterocycles. The van der Waals surface area contributed by atoms with Gasteiger partial charge in [0.15, 0.2) is 0 Å². The van der Waals surface area contributed by atoms with E-state index in [2.05, 4.69) is 5.32 Å². The molecule has 2 aromatic rings. The molecule has 2 rings (SSSR count). The number of rotatable bonds is 9. The standard InChI is InChI=1S/C19H22N2O5/c1-24-16-6-3-13(17(12-16)25-2)11-19(23)21-14-4-7-15(8-5-14)26-10-9-18(20)22/h3-8,12H,9-11H2,1-2H3,(H2,20,22)(H,21,23). The normalized spacial score (nSPS) is 10.1. The molecule has 0 saturated carbocycles. The highest BCUT2D eigenvalue weighted by atomic mass is 16.5. The molecule has 7 heteroatoms. The second-order valence-corrected chi connectivity index (χ2v) is 5.49. The van der Waals surface area contributed by atoms with Crippen LogP contribution in [0.4, 0.5) is 5.69 Å². The number of amides is 2. The molecule has 0 saturated heterocycles. The van der Waals surface area contributed by atoms with Crippen molar-refractivity contribution in [2.45, 2.75) is 12.8 Å². The van der Waals surface area contributed by atoms with Gasteiger partial charge < -0.3 is 25.3 Å². The summed E-state index contributed by atoms with van der Waals surface area (Å²) < 4.78 is 15.8. The fourth-order valence-corrected chi connectivity index (χ4v) is 2.28. The van der Waals surface area contributed by atoms with Crippen molar-refractivity contribution in [2.24, 2.45) is 5.73 Å². The van der Waals surface area contributed by atoms with Gasteiger partial charge >= 0.3 is 0 Å². The van der Waals surface area contributed by atoms with Gasteiger partial charge in [-0.05, 0) is 30.3 Å². The Morgan fingerprint density at radius 1 is 1.00 bits per heavy atom. The van der Waals surface area contributed by atoms with Gasteiger partial charge in [0.1, 0.15) is 17.2 Å². The molecule has 138 valence electrons. The van der Waals surface area contributed by atoms with Gasteiger partial charge in [-0.2, -0.15) is 0 Å². The van der Waals surface area contributed by atoms with Gasteiger partial charge in [0.05, 0.1) is 33.7 Å². The number of methoxy groups -OCH3 is 2. The van der Waals surface area contributed by atoms with Gasteiger partial charge in [-0.25, -0.2) is 0 Å². The molecule has 2 aromatic carbocycles. The lowest BCUT2D eigenvalue weighted by molar-refractivity contribution is -0.118. The number of carbonyl (C=O) groups excluding carboxylic acids is 2. The van der Waals surface area contributed by atoms with Crippen LogP contribution in [0.3, 0.4) is 0 Å². The molecule has 0 atom stereocenters. The number of anilines is 1. The summed E-state index contributed by atoms with van der Waals surface area (Å²) in [7, 11) is 3.12. The maximum Gasteiger partial charge on any atom is 0.228 e. The van der Waals surface area contributed by atoms with Gasteiger partial charge in [0.25, 0.3) is 0 Å². The zero-order valence-electron chi connectivity index (χ0n) is 14.8. The Morgan fingerprint density at radius 2 is 1.69 bits per heavy atom. The molecule has 0 fully saturated rings. The first-order valence-electron chi connectivity index (χ1n) is 8.03. The highest BCUT2D eigenvalue weighted by Crippen LogP contribution is 2.25. The Balaban J connectivity index is 1.92. The van der Waals surface area contributed by atoms with Gasteiger partial charge in [-0.3, -0.25) is 9.59 Å². The summed E-state index contributed by atoms with van der Waals surface area (Å²) in [4.78, 5) is 22.9. The first kappa shape index (κ1) is 19.1. The largest absolute Gasteiger partial charge is 0.497 e. The van der Waals surface area contributed by atoms with Gasteiger partial charge in [-0.15, -0.1) is 0 Å². The molecule has 3 N–H and O–H groups in total. The van der Waals surface area contributed by atoms with E-state index in [4.69, 9.17) is 19.9 Å². The van der Waals surface area contributed by atoms with Crippen molar-refractivity contribution in [1.29, 1.82) is 0 Å². The van der Waals surface area contributed by atoms with Crippen molar-refractivity contribution in [3.63, 3.8) is 0 Å². The van der Waals surface area contributed by atoms with E-state index in [1.165, 1.54) is 0 Å². The van der Waals surface area contributed by atoms with Crippen LogP contribution in [0.25, 0.3) is 0 Å². The smallest absolute Gasteiger partial charge is 0.228 e. The maximum atomic E-state index is 12.3. The van der Waals surface area contributed by atoms with E-state index in [1.807, 2.05) is 0 Å². The molecule has 7 nitrogen and oxygen atoms in total. The van der Waals surface area contributed by atoms with E-state index in [0.717, 1.165) is 5.56 Å². The van der Waals surface area contributed by atoms with Crippen LogP contribution in [-0.4, -0.2) is 32.6 Å². The van der Waals surface area contributed by atoms with E-state index < -0.39 is 5.91 Å². The molecular weight excluding hydrogens is 336 g/mol. The van der Waals surface area contributed by atoms with Crippen LogP contribution in [0.2, 0.25) is 0 Å². The third-order valence-corrected chi connectivity index (χ3v) is 3.60. The van der Waals surface area contributed by atoms with Gasteiger partial charge in [0, 0.05) is 17.3 Å². The van der Waals surface area contributed by atoms with E-state index in [1.54, 1.807) is 56.7 Å². The number of nitrogens with one attached hydrogen (secondary N) is 1. The number of ether oxygens (including phenoxy) is 3. The van der Waals surface area contributed by atoms with Crippen LogP contribution in [-0.2, 0) is 16.0 Å². The average Bonchev–Trinajstić information content (AvgIpc) is 2.63. The highest BCUT2D eigenvalue weighted by Gasteiger charge is 2.10. The second-order valence-electron chi connectivity index (χ2n) is 5.49. The minimum Gasteiger partial charge on any atom is -0.497 e. The molecule has 0 radical (unpaired) electrons. The molecular formula is C19H22N2O5. The fourth-order valence-electron chi connectivity index (χ4n) is 2.28. The predicted molar refractivity (Wildman–Crippen MR) is 97.6 cm³/mol. The topological polar surface area (TPSA) is 99.9 Å². The Labute approximate surface area is 152 Å². The Kier molecular flexibility index (Phi) is 6.84. The summed E-state index contributed by atoms with van der Waals surface area (Å²) in [5.41, 5.74) is 6.46. The fraction of sp³-hybridized carbons (Fsp3) is 0.263. The molecule has 26 heavy (non-hydrogen) atoms. The number of benzene rings is 2. The zero-order valence-corrected chi connectivity index (χ0v) is 14.8. The van der Waals surface area contributed by atoms with Crippen LogP contribution >= 0.6 is 0 Å². The van der Waals surface area contributed by atoms with Crippen LogP contribution in [0.5, 0.6) is 17.2 Å². The summed E-state index contributed by atoms with van der Waals surface area (Å²) in [6, 6.07) is 12.2. The van der Waals surface area contributed by atoms with E-state index in [0.29, 0.717) is 22.9 Å². The summed E-state index contributed by atoms with van der Waals surface area (Å²) in [6.45, 7) is 0.221. The molecule has 0 heterocycles. The summed E-state index contributed by atoms with van der Waals surface area (Å²) >= 11 is 0. The van der Waals surface area contributed by atoms with Crippen molar-refractivity contribution in [3.8, 4) is 17.2 Å². The first-order valence-corrected chi connectivity index (χ1v) is 8.03. The molecule has 0 aliphatic rings. The Hall–Kier alpha value is -3.22. The number of primary amides is 1.